The molecule has 1 fully saturated rings. The first kappa shape index (κ1) is 15.0. The normalized spacial score (nSPS) is 17.5. The number of aliphatic carboxylic acids is 1. The molecule has 0 aromatic heterocycles. The Kier molecular flexibility index (Phi) is 5.17. The van der Waals surface area contributed by atoms with Crippen LogP contribution in [0, 0.1) is 11.3 Å². The van der Waals surface area contributed by atoms with Crippen molar-refractivity contribution in [2.75, 3.05) is 13.6 Å². The molecular weight excluding hydrogens is 230 g/mol. The van der Waals surface area contributed by atoms with E-state index in [0.717, 1.165) is 6.42 Å². The highest BCUT2D eigenvalue weighted by Gasteiger charge is 2.38. The predicted octanol–water partition coefficient (Wildman–Crippen LogP) is 2.53. The lowest BCUT2D eigenvalue weighted by molar-refractivity contribution is -0.157. The van der Waals surface area contributed by atoms with E-state index in [1.54, 1.807) is 11.9 Å². The molecule has 1 saturated carbocycles. The van der Waals surface area contributed by atoms with Crippen molar-refractivity contribution in [2.24, 2.45) is 11.3 Å². The third-order valence-electron chi connectivity index (χ3n) is 4.01. The van der Waals surface area contributed by atoms with E-state index in [0.29, 0.717) is 12.5 Å². The van der Waals surface area contributed by atoms with Crippen LogP contribution in [0.5, 0.6) is 0 Å². The summed E-state index contributed by atoms with van der Waals surface area (Å²) in [5, 5.41) is 9.03. The van der Waals surface area contributed by atoms with Crippen molar-refractivity contribution < 1.29 is 14.7 Å². The number of amides is 1. The number of carboxylic acid groups (broad SMARTS) is 1. The van der Waals surface area contributed by atoms with E-state index in [1.807, 2.05) is 0 Å². The molecule has 0 aromatic rings. The van der Waals surface area contributed by atoms with Crippen LogP contribution in [0.1, 0.15) is 52.4 Å². The minimum Gasteiger partial charge on any atom is -0.480 e. The van der Waals surface area contributed by atoms with Crippen molar-refractivity contribution >= 4 is 11.9 Å². The molecule has 1 aliphatic rings. The summed E-state index contributed by atoms with van der Waals surface area (Å²) in [5.41, 5.74) is -1.32. The zero-order valence-corrected chi connectivity index (χ0v) is 11.7. The summed E-state index contributed by atoms with van der Waals surface area (Å²) in [6.07, 6.45) is 7.43. The van der Waals surface area contributed by atoms with Gasteiger partial charge in [-0.15, -0.1) is 0 Å². The Morgan fingerprint density at radius 2 is 1.78 bits per heavy atom. The first-order valence-corrected chi connectivity index (χ1v) is 6.84. The van der Waals surface area contributed by atoms with Gasteiger partial charge in [-0.1, -0.05) is 32.1 Å². The lowest BCUT2D eigenvalue weighted by Gasteiger charge is -2.28. The zero-order chi connectivity index (χ0) is 13.8. The minimum absolute atomic E-state index is 0.300. The lowest BCUT2D eigenvalue weighted by Crippen LogP contribution is -2.44. The highest BCUT2D eigenvalue weighted by Crippen LogP contribution is 2.27. The average molecular weight is 255 g/mol. The largest absolute Gasteiger partial charge is 0.480 e. The summed E-state index contributed by atoms with van der Waals surface area (Å²) in [4.78, 5) is 24.6. The standard InChI is InChI=1S/C14H25NO3/c1-14(2,13(17)18)12(16)15(3)10-9-11-7-5-4-6-8-11/h11H,4-10H2,1-3H3,(H,17,18). The van der Waals surface area contributed by atoms with Crippen molar-refractivity contribution in [1.29, 1.82) is 0 Å². The van der Waals surface area contributed by atoms with Crippen molar-refractivity contribution in [1.82, 2.24) is 4.90 Å². The fourth-order valence-electron chi connectivity index (χ4n) is 2.52. The van der Waals surface area contributed by atoms with Crippen LogP contribution in [0.4, 0.5) is 0 Å². The molecule has 4 nitrogen and oxygen atoms in total. The number of carboxylic acids is 1. The van der Waals surface area contributed by atoms with E-state index >= 15 is 0 Å². The van der Waals surface area contributed by atoms with Crippen LogP contribution in [-0.4, -0.2) is 35.5 Å². The Labute approximate surface area is 109 Å². The lowest BCUT2D eigenvalue weighted by atomic mass is 9.86. The van der Waals surface area contributed by atoms with E-state index in [-0.39, 0.29) is 5.91 Å². The molecular formula is C14H25NO3. The van der Waals surface area contributed by atoms with Gasteiger partial charge in [-0.2, -0.15) is 0 Å². The van der Waals surface area contributed by atoms with Gasteiger partial charge in [0.1, 0.15) is 5.41 Å². The molecule has 0 aromatic carbocycles. The SMILES string of the molecule is CN(CCC1CCCCC1)C(=O)C(C)(C)C(=O)O. The van der Waals surface area contributed by atoms with Gasteiger partial charge < -0.3 is 10.0 Å². The van der Waals surface area contributed by atoms with Crippen LogP contribution in [0.3, 0.4) is 0 Å². The molecule has 0 saturated heterocycles. The molecule has 4 heteroatoms. The van der Waals surface area contributed by atoms with Gasteiger partial charge in [-0.3, -0.25) is 9.59 Å². The van der Waals surface area contributed by atoms with Crippen LogP contribution in [0.15, 0.2) is 0 Å². The van der Waals surface area contributed by atoms with E-state index in [1.165, 1.54) is 46.0 Å². The summed E-state index contributed by atoms with van der Waals surface area (Å²) in [5.74, 6) is -0.648. The Balaban J connectivity index is 2.42. The zero-order valence-electron chi connectivity index (χ0n) is 11.7. The Morgan fingerprint density at radius 1 is 1.22 bits per heavy atom. The molecule has 0 unspecified atom stereocenters. The molecule has 0 aliphatic heterocycles. The highest BCUT2D eigenvalue weighted by atomic mass is 16.4. The van der Waals surface area contributed by atoms with Crippen LogP contribution in [0.2, 0.25) is 0 Å². The van der Waals surface area contributed by atoms with Crippen molar-refractivity contribution in [3.63, 3.8) is 0 Å². The first-order valence-electron chi connectivity index (χ1n) is 6.84. The summed E-state index contributed by atoms with van der Waals surface area (Å²) in [6.45, 7) is 3.60. The summed E-state index contributed by atoms with van der Waals surface area (Å²) < 4.78 is 0. The van der Waals surface area contributed by atoms with Gasteiger partial charge in [-0.25, -0.2) is 0 Å². The topological polar surface area (TPSA) is 57.6 Å². The van der Waals surface area contributed by atoms with Crippen LogP contribution in [0.25, 0.3) is 0 Å². The average Bonchev–Trinajstić information content (AvgIpc) is 2.36. The van der Waals surface area contributed by atoms with Gasteiger partial charge in [0.2, 0.25) is 5.91 Å². The molecule has 104 valence electrons. The van der Waals surface area contributed by atoms with Gasteiger partial charge >= 0.3 is 5.97 Å². The number of carbonyl (C=O) groups excluding carboxylic acids is 1. The Hall–Kier alpha value is -1.06. The van der Waals surface area contributed by atoms with Crippen molar-refractivity contribution in [2.45, 2.75) is 52.4 Å². The van der Waals surface area contributed by atoms with E-state index in [9.17, 15) is 9.59 Å². The summed E-state index contributed by atoms with van der Waals surface area (Å²) in [7, 11) is 1.70. The van der Waals surface area contributed by atoms with E-state index < -0.39 is 11.4 Å². The molecule has 18 heavy (non-hydrogen) atoms. The molecule has 0 spiro atoms. The fraction of sp³-hybridized carbons (Fsp3) is 0.857. The maximum Gasteiger partial charge on any atom is 0.318 e. The molecule has 1 amide bonds. The fourth-order valence-corrected chi connectivity index (χ4v) is 2.52. The number of nitrogens with zero attached hydrogens (tertiary/aromatic N) is 1. The Morgan fingerprint density at radius 3 is 2.28 bits per heavy atom. The van der Waals surface area contributed by atoms with Gasteiger partial charge in [0, 0.05) is 13.6 Å². The monoisotopic (exact) mass is 255 g/mol. The maximum atomic E-state index is 12.0. The van der Waals surface area contributed by atoms with Gasteiger partial charge in [-0.05, 0) is 26.2 Å². The number of rotatable bonds is 5. The predicted molar refractivity (Wildman–Crippen MR) is 70.2 cm³/mol. The van der Waals surface area contributed by atoms with Gasteiger partial charge in [0.25, 0.3) is 0 Å². The minimum atomic E-state index is -1.32. The van der Waals surface area contributed by atoms with E-state index in [2.05, 4.69) is 0 Å². The Bertz CT molecular complexity index is 306. The van der Waals surface area contributed by atoms with Crippen LogP contribution in [-0.2, 0) is 9.59 Å². The van der Waals surface area contributed by atoms with E-state index in [4.69, 9.17) is 5.11 Å². The maximum absolute atomic E-state index is 12.0. The van der Waals surface area contributed by atoms with Crippen molar-refractivity contribution in [3.8, 4) is 0 Å². The molecule has 0 radical (unpaired) electrons. The summed E-state index contributed by atoms with van der Waals surface area (Å²) >= 11 is 0. The second-order valence-electron chi connectivity index (χ2n) is 5.95. The molecule has 1 rings (SSSR count). The van der Waals surface area contributed by atoms with Crippen LogP contribution >= 0.6 is 0 Å². The second kappa shape index (κ2) is 6.21. The molecule has 1 N–H and O–H groups in total. The molecule has 0 bridgehead atoms. The highest BCUT2D eigenvalue weighted by molar-refractivity contribution is 6.00. The quantitative estimate of drug-likeness (QED) is 0.768. The molecule has 0 atom stereocenters. The third-order valence-corrected chi connectivity index (χ3v) is 4.01. The first-order chi connectivity index (χ1) is 8.35. The second-order valence-corrected chi connectivity index (χ2v) is 5.95. The number of hydrogen-bond acceptors (Lipinski definition) is 2. The molecule has 1 aliphatic carbocycles. The number of hydrogen-bond donors (Lipinski definition) is 1. The van der Waals surface area contributed by atoms with Crippen LogP contribution < -0.4 is 0 Å². The smallest absolute Gasteiger partial charge is 0.318 e. The summed E-state index contributed by atoms with van der Waals surface area (Å²) in [6, 6.07) is 0. The third kappa shape index (κ3) is 3.72. The van der Waals surface area contributed by atoms with Gasteiger partial charge in [0.05, 0.1) is 0 Å². The molecule has 0 heterocycles. The van der Waals surface area contributed by atoms with Crippen molar-refractivity contribution in [3.05, 3.63) is 0 Å². The van der Waals surface area contributed by atoms with Gasteiger partial charge in [0.15, 0.2) is 0 Å². The number of carbonyl (C=O) groups is 2.